The van der Waals surface area contributed by atoms with E-state index in [0.717, 1.165) is 22.2 Å². The predicted octanol–water partition coefficient (Wildman–Crippen LogP) is 2.47. The lowest BCUT2D eigenvalue weighted by Gasteiger charge is -2.14. The third-order valence-corrected chi connectivity index (χ3v) is 4.31. The minimum Gasteiger partial charge on any atom is -0.322 e. The van der Waals surface area contributed by atoms with Crippen molar-refractivity contribution in [1.82, 2.24) is 29.9 Å². The zero-order chi connectivity index (χ0) is 17.4. The summed E-state index contributed by atoms with van der Waals surface area (Å²) in [5.41, 5.74) is 10.2. The van der Waals surface area contributed by atoms with Crippen LogP contribution < -0.4 is 5.73 Å². The average molecular weight is 333 g/mol. The Labute approximate surface area is 144 Å². The molecule has 1 aromatic carbocycles. The molecule has 4 rings (SSSR count). The van der Waals surface area contributed by atoms with Crippen LogP contribution in [0.3, 0.4) is 0 Å². The third-order valence-electron chi connectivity index (χ3n) is 4.31. The first kappa shape index (κ1) is 15.6. The number of pyridine rings is 1. The van der Waals surface area contributed by atoms with Crippen molar-refractivity contribution in [2.24, 2.45) is 11.7 Å². The first-order valence-electron chi connectivity index (χ1n) is 8.27. The summed E-state index contributed by atoms with van der Waals surface area (Å²) in [5, 5.41) is 9.41. The minimum atomic E-state index is -0.160. The summed E-state index contributed by atoms with van der Waals surface area (Å²) in [7, 11) is 0. The molecule has 0 saturated heterocycles. The summed E-state index contributed by atoms with van der Waals surface area (Å²) in [5.74, 6) is 0.282. The monoisotopic (exact) mass is 333 g/mol. The molecule has 0 aliphatic carbocycles. The van der Waals surface area contributed by atoms with Crippen molar-refractivity contribution < 1.29 is 0 Å². The fourth-order valence-electron chi connectivity index (χ4n) is 2.77. The highest BCUT2D eigenvalue weighted by atomic mass is 15.4. The van der Waals surface area contributed by atoms with Crippen LogP contribution in [-0.4, -0.2) is 29.9 Å². The number of hydrogen-bond acceptors (Lipinski definition) is 6. The molecule has 0 saturated carbocycles. The van der Waals surface area contributed by atoms with Gasteiger partial charge in [0.05, 0.1) is 30.0 Å². The number of benzene rings is 1. The van der Waals surface area contributed by atoms with E-state index in [1.807, 2.05) is 24.3 Å². The topological polar surface area (TPSA) is 95.4 Å². The van der Waals surface area contributed by atoms with E-state index in [1.54, 1.807) is 17.1 Å². The summed E-state index contributed by atoms with van der Waals surface area (Å²) in [4.78, 5) is 13.3. The van der Waals surface area contributed by atoms with Gasteiger partial charge in [-0.2, -0.15) is 0 Å². The van der Waals surface area contributed by atoms with Crippen LogP contribution in [0.4, 0.5) is 0 Å². The first-order valence-corrected chi connectivity index (χ1v) is 8.27. The molecule has 3 aromatic heterocycles. The fraction of sp³-hybridized carbons (Fsp3) is 0.278. The van der Waals surface area contributed by atoms with Gasteiger partial charge < -0.3 is 5.73 Å². The lowest BCUT2D eigenvalue weighted by Crippen LogP contribution is -2.18. The van der Waals surface area contributed by atoms with Gasteiger partial charge in [-0.05, 0) is 29.7 Å². The molecule has 7 heteroatoms. The summed E-state index contributed by atoms with van der Waals surface area (Å²) in [6.45, 7) is 4.70. The van der Waals surface area contributed by atoms with Gasteiger partial charge in [-0.1, -0.05) is 31.2 Å². The van der Waals surface area contributed by atoms with Gasteiger partial charge in [0.1, 0.15) is 0 Å². The number of aromatic nitrogens is 6. The molecule has 7 nitrogen and oxygen atoms in total. The molecule has 3 heterocycles. The van der Waals surface area contributed by atoms with Crippen LogP contribution in [0.2, 0.25) is 0 Å². The first-order chi connectivity index (χ1) is 12.1. The fourth-order valence-corrected chi connectivity index (χ4v) is 2.77. The number of nitrogens with zero attached hydrogens (tertiary/aromatic N) is 6. The Hall–Kier alpha value is -2.93. The molecule has 126 valence electrons. The Morgan fingerprint density at radius 1 is 1.16 bits per heavy atom. The summed E-state index contributed by atoms with van der Waals surface area (Å²) >= 11 is 0. The number of rotatable bonds is 4. The lowest BCUT2D eigenvalue weighted by molar-refractivity contribution is 0.502. The SMILES string of the molecule is CC(C)C(N)c1cnc2nnn(Cc3ccc4ncccc4c3)c2n1. The number of fused-ring (bicyclic) bond motifs is 2. The van der Waals surface area contributed by atoms with E-state index in [0.29, 0.717) is 17.8 Å². The van der Waals surface area contributed by atoms with Crippen LogP contribution in [0.1, 0.15) is 31.1 Å². The molecule has 0 aliphatic rings. The van der Waals surface area contributed by atoms with Crippen molar-refractivity contribution >= 4 is 22.2 Å². The van der Waals surface area contributed by atoms with Crippen LogP contribution >= 0.6 is 0 Å². The Bertz CT molecular complexity index is 1040. The van der Waals surface area contributed by atoms with E-state index >= 15 is 0 Å². The number of hydrogen-bond donors (Lipinski definition) is 1. The second-order valence-corrected chi connectivity index (χ2v) is 6.49. The van der Waals surface area contributed by atoms with Gasteiger partial charge in [-0.25, -0.2) is 14.6 Å². The smallest absolute Gasteiger partial charge is 0.221 e. The maximum absolute atomic E-state index is 6.20. The zero-order valence-corrected chi connectivity index (χ0v) is 14.2. The summed E-state index contributed by atoms with van der Waals surface area (Å²) in [6.07, 6.45) is 3.48. The molecule has 0 fully saturated rings. The van der Waals surface area contributed by atoms with Crippen molar-refractivity contribution in [1.29, 1.82) is 0 Å². The van der Waals surface area contributed by atoms with Crippen molar-refractivity contribution in [2.45, 2.75) is 26.4 Å². The zero-order valence-electron chi connectivity index (χ0n) is 14.2. The van der Waals surface area contributed by atoms with E-state index in [-0.39, 0.29) is 12.0 Å². The third kappa shape index (κ3) is 2.94. The molecule has 1 atom stereocenters. The second-order valence-electron chi connectivity index (χ2n) is 6.49. The Morgan fingerprint density at radius 3 is 2.88 bits per heavy atom. The van der Waals surface area contributed by atoms with E-state index in [2.05, 4.69) is 45.2 Å². The molecule has 0 amide bonds. The maximum Gasteiger partial charge on any atom is 0.221 e. The Balaban J connectivity index is 1.71. The molecule has 0 bridgehead atoms. The molecule has 25 heavy (non-hydrogen) atoms. The van der Waals surface area contributed by atoms with Gasteiger partial charge in [-0.3, -0.25) is 4.98 Å². The molecular formula is C18H19N7. The minimum absolute atomic E-state index is 0.160. The normalized spacial score (nSPS) is 13.0. The molecule has 2 N–H and O–H groups in total. The van der Waals surface area contributed by atoms with Crippen LogP contribution in [0, 0.1) is 5.92 Å². The lowest BCUT2D eigenvalue weighted by atomic mass is 10.0. The van der Waals surface area contributed by atoms with E-state index in [9.17, 15) is 0 Å². The Kier molecular flexibility index (Phi) is 3.85. The molecular weight excluding hydrogens is 314 g/mol. The van der Waals surface area contributed by atoms with Crippen molar-refractivity contribution in [3.8, 4) is 0 Å². The molecule has 1 unspecified atom stereocenters. The largest absolute Gasteiger partial charge is 0.322 e. The molecule has 0 spiro atoms. The summed E-state index contributed by atoms with van der Waals surface area (Å²) < 4.78 is 1.76. The van der Waals surface area contributed by atoms with E-state index in [4.69, 9.17) is 5.73 Å². The average Bonchev–Trinajstić information content (AvgIpc) is 3.03. The standard InChI is InChI=1S/C18H19N7/c1-11(2)16(19)15-9-21-17-18(22-15)25(24-23-17)10-12-5-6-14-13(8-12)4-3-7-20-14/h3-9,11,16H,10,19H2,1-2H3. The van der Waals surface area contributed by atoms with E-state index < -0.39 is 0 Å². The van der Waals surface area contributed by atoms with Crippen LogP contribution in [0.25, 0.3) is 22.2 Å². The van der Waals surface area contributed by atoms with Gasteiger partial charge in [0, 0.05) is 11.6 Å². The van der Waals surface area contributed by atoms with Gasteiger partial charge in [0.2, 0.25) is 5.65 Å². The quantitative estimate of drug-likeness (QED) is 0.616. The predicted molar refractivity (Wildman–Crippen MR) is 95.7 cm³/mol. The number of nitrogens with two attached hydrogens (primary N) is 1. The molecule has 0 aliphatic heterocycles. The maximum atomic E-state index is 6.20. The van der Waals surface area contributed by atoms with Crippen molar-refractivity contribution in [2.75, 3.05) is 0 Å². The van der Waals surface area contributed by atoms with Crippen LogP contribution in [0.15, 0.2) is 42.7 Å². The van der Waals surface area contributed by atoms with Crippen LogP contribution in [-0.2, 0) is 6.54 Å². The van der Waals surface area contributed by atoms with Gasteiger partial charge in [0.15, 0.2) is 5.65 Å². The van der Waals surface area contributed by atoms with Crippen molar-refractivity contribution in [3.05, 3.63) is 54.0 Å². The highest BCUT2D eigenvalue weighted by Gasteiger charge is 2.16. The Morgan fingerprint density at radius 2 is 2.04 bits per heavy atom. The highest BCUT2D eigenvalue weighted by Crippen LogP contribution is 2.19. The second kappa shape index (κ2) is 6.18. The summed E-state index contributed by atoms with van der Waals surface area (Å²) in [6, 6.07) is 9.97. The van der Waals surface area contributed by atoms with E-state index in [1.165, 1.54) is 0 Å². The van der Waals surface area contributed by atoms with Crippen molar-refractivity contribution in [3.63, 3.8) is 0 Å². The highest BCUT2D eigenvalue weighted by molar-refractivity contribution is 5.79. The van der Waals surface area contributed by atoms with Gasteiger partial charge >= 0.3 is 0 Å². The van der Waals surface area contributed by atoms with Gasteiger partial charge in [0.25, 0.3) is 0 Å². The molecule has 4 aromatic rings. The molecule has 0 radical (unpaired) electrons. The van der Waals surface area contributed by atoms with Crippen LogP contribution in [0.5, 0.6) is 0 Å². The van der Waals surface area contributed by atoms with Gasteiger partial charge in [-0.15, -0.1) is 5.10 Å².